The van der Waals surface area contributed by atoms with Gasteiger partial charge in [-0.05, 0) is 30.5 Å². The first-order chi connectivity index (χ1) is 11.7. The number of benzene rings is 1. The molecule has 126 valence electrons. The Balaban J connectivity index is 1.73. The monoisotopic (exact) mass is 361 g/mol. The minimum atomic E-state index is 0.0512. The molecule has 1 aliphatic heterocycles. The van der Waals surface area contributed by atoms with Gasteiger partial charge in [0.2, 0.25) is 5.91 Å². The Morgan fingerprint density at radius 1 is 1.17 bits per heavy atom. The molecule has 2 heterocycles. The van der Waals surface area contributed by atoms with Crippen molar-refractivity contribution in [2.45, 2.75) is 43.4 Å². The zero-order chi connectivity index (χ0) is 16.5. The summed E-state index contributed by atoms with van der Waals surface area (Å²) in [6.07, 6.45) is 7.99. The minimum Gasteiger partial charge on any atom is -0.310 e. The van der Waals surface area contributed by atoms with E-state index >= 15 is 0 Å². The highest BCUT2D eigenvalue weighted by Gasteiger charge is 2.30. The van der Waals surface area contributed by atoms with E-state index in [9.17, 15) is 4.79 Å². The van der Waals surface area contributed by atoms with Crippen LogP contribution < -0.4 is 5.32 Å². The van der Waals surface area contributed by atoms with E-state index in [1.54, 1.807) is 11.8 Å². The number of thioether (sulfide) groups is 1. The predicted octanol–water partition coefficient (Wildman–Crippen LogP) is 4.82. The van der Waals surface area contributed by atoms with Gasteiger partial charge in [-0.3, -0.25) is 4.79 Å². The Morgan fingerprint density at radius 2 is 1.92 bits per heavy atom. The molecule has 0 bridgehead atoms. The molecule has 1 atom stereocenters. The summed E-state index contributed by atoms with van der Waals surface area (Å²) in [5.74, 6) is 1.39. The van der Waals surface area contributed by atoms with E-state index in [1.807, 2.05) is 30.5 Å². The van der Waals surface area contributed by atoms with Crippen molar-refractivity contribution in [2.24, 2.45) is 0 Å². The normalized spacial score (nSPS) is 21.9. The van der Waals surface area contributed by atoms with E-state index in [0.29, 0.717) is 11.8 Å². The van der Waals surface area contributed by atoms with Crippen molar-refractivity contribution in [3.63, 3.8) is 0 Å². The quantitative estimate of drug-likeness (QED) is 0.834. The van der Waals surface area contributed by atoms with Crippen LogP contribution in [-0.2, 0) is 4.79 Å². The summed E-state index contributed by atoms with van der Waals surface area (Å²) in [5, 5.41) is 8.58. The third-order valence-electron chi connectivity index (χ3n) is 4.84. The van der Waals surface area contributed by atoms with Crippen LogP contribution in [0.1, 0.15) is 54.5 Å². The van der Waals surface area contributed by atoms with Crippen LogP contribution in [0.4, 0.5) is 5.82 Å². The lowest BCUT2D eigenvalue weighted by atomic mass is 9.95. The first-order valence-electron chi connectivity index (χ1n) is 8.46. The summed E-state index contributed by atoms with van der Waals surface area (Å²) in [6.45, 7) is 0. The van der Waals surface area contributed by atoms with Crippen LogP contribution in [0.5, 0.6) is 0 Å². The van der Waals surface area contributed by atoms with Crippen LogP contribution >= 0.6 is 23.4 Å². The van der Waals surface area contributed by atoms with Crippen molar-refractivity contribution in [1.82, 2.24) is 9.78 Å². The Morgan fingerprint density at radius 3 is 2.67 bits per heavy atom. The molecule has 2 aromatic rings. The van der Waals surface area contributed by atoms with Gasteiger partial charge in [-0.2, -0.15) is 5.10 Å². The topological polar surface area (TPSA) is 46.9 Å². The number of carbonyl (C=O) groups excluding carboxylic acids is 1. The number of nitrogens with zero attached hydrogens (tertiary/aromatic N) is 2. The lowest BCUT2D eigenvalue weighted by Gasteiger charge is -2.24. The van der Waals surface area contributed by atoms with E-state index in [1.165, 1.54) is 19.3 Å². The molecule has 1 amide bonds. The van der Waals surface area contributed by atoms with Gasteiger partial charge in [0, 0.05) is 10.6 Å². The van der Waals surface area contributed by atoms with E-state index in [2.05, 4.69) is 15.1 Å². The first kappa shape index (κ1) is 16.0. The largest absolute Gasteiger partial charge is 0.310 e. The average molecular weight is 362 g/mol. The summed E-state index contributed by atoms with van der Waals surface area (Å²) >= 11 is 7.67. The molecule has 1 fully saturated rings. The second kappa shape index (κ2) is 6.81. The van der Waals surface area contributed by atoms with Crippen LogP contribution in [-0.4, -0.2) is 21.4 Å². The lowest BCUT2D eigenvalue weighted by Crippen LogP contribution is -2.20. The molecule has 1 saturated carbocycles. The number of halogens is 1. The molecule has 1 aliphatic carbocycles. The van der Waals surface area contributed by atoms with Crippen molar-refractivity contribution < 1.29 is 4.79 Å². The van der Waals surface area contributed by atoms with Crippen LogP contribution in [0.2, 0.25) is 5.02 Å². The fraction of sp³-hybridized carbons (Fsp3) is 0.444. The summed E-state index contributed by atoms with van der Waals surface area (Å²) < 4.78 is 2.06. The molecule has 24 heavy (non-hydrogen) atoms. The highest BCUT2D eigenvalue weighted by atomic mass is 35.5. The zero-order valence-electron chi connectivity index (χ0n) is 13.4. The average Bonchev–Trinajstić information content (AvgIpc) is 2.93. The number of aromatic nitrogens is 2. The molecule has 0 saturated heterocycles. The van der Waals surface area contributed by atoms with Gasteiger partial charge in [0.1, 0.15) is 5.82 Å². The number of hydrogen-bond donors (Lipinski definition) is 1. The summed E-state index contributed by atoms with van der Waals surface area (Å²) in [4.78, 5) is 12.2. The number of amides is 1. The van der Waals surface area contributed by atoms with Crippen LogP contribution in [0, 0.1) is 0 Å². The third kappa shape index (κ3) is 3.07. The van der Waals surface area contributed by atoms with Gasteiger partial charge < -0.3 is 5.32 Å². The van der Waals surface area contributed by atoms with Gasteiger partial charge in [0.05, 0.1) is 23.2 Å². The van der Waals surface area contributed by atoms with Crippen molar-refractivity contribution >= 4 is 35.1 Å². The number of rotatable bonds is 2. The van der Waals surface area contributed by atoms with Crippen LogP contribution in [0.3, 0.4) is 0 Å². The SMILES string of the molecule is O=C1CSC(c2ccc(Cl)cc2)c2cnn(C3CCCCC3)c2N1. The van der Waals surface area contributed by atoms with Crippen molar-refractivity contribution in [3.8, 4) is 0 Å². The van der Waals surface area contributed by atoms with Gasteiger partial charge in [0.25, 0.3) is 0 Å². The molecular weight excluding hydrogens is 342 g/mol. The number of carbonyl (C=O) groups is 1. The fourth-order valence-corrected chi connectivity index (χ4v) is 4.85. The smallest absolute Gasteiger partial charge is 0.235 e. The predicted molar refractivity (Wildman–Crippen MR) is 98.7 cm³/mol. The zero-order valence-corrected chi connectivity index (χ0v) is 14.9. The number of anilines is 1. The maximum absolute atomic E-state index is 12.2. The Bertz CT molecular complexity index is 737. The van der Waals surface area contributed by atoms with Crippen molar-refractivity contribution in [2.75, 3.05) is 11.1 Å². The third-order valence-corrected chi connectivity index (χ3v) is 6.38. The highest BCUT2D eigenvalue weighted by molar-refractivity contribution is 8.00. The molecule has 4 nitrogen and oxygen atoms in total. The maximum Gasteiger partial charge on any atom is 0.235 e. The van der Waals surface area contributed by atoms with Gasteiger partial charge in [-0.15, -0.1) is 11.8 Å². The number of nitrogens with one attached hydrogen (secondary N) is 1. The van der Waals surface area contributed by atoms with E-state index in [0.717, 1.165) is 34.8 Å². The van der Waals surface area contributed by atoms with Crippen molar-refractivity contribution in [1.29, 1.82) is 0 Å². The van der Waals surface area contributed by atoms with E-state index in [-0.39, 0.29) is 11.2 Å². The minimum absolute atomic E-state index is 0.0512. The second-order valence-corrected chi connectivity index (χ2v) is 8.01. The maximum atomic E-state index is 12.2. The highest BCUT2D eigenvalue weighted by Crippen LogP contribution is 2.43. The fourth-order valence-electron chi connectivity index (χ4n) is 3.63. The number of fused-ring (bicyclic) bond motifs is 1. The van der Waals surface area contributed by atoms with Crippen molar-refractivity contribution in [3.05, 3.63) is 46.6 Å². The molecule has 6 heteroatoms. The molecule has 4 rings (SSSR count). The second-order valence-electron chi connectivity index (χ2n) is 6.48. The molecule has 1 unspecified atom stereocenters. The Kier molecular flexibility index (Phi) is 4.55. The molecule has 1 aromatic heterocycles. The molecule has 1 N–H and O–H groups in total. The molecule has 0 radical (unpaired) electrons. The molecule has 0 spiro atoms. The van der Waals surface area contributed by atoms with E-state index < -0.39 is 0 Å². The summed E-state index contributed by atoms with van der Waals surface area (Å²) in [5.41, 5.74) is 2.25. The summed E-state index contributed by atoms with van der Waals surface area (Å²) in [7, 11) is 0. The van der Waals surface area contributed by atoms with Gasteiger partial charge in [0.15, 0.2) is 0 Å². The summed E-state index contributed by atoms with van der Waals surface area (Å²) in [6, 6.07) is 8.29. The van der Waals surface area contributed by atoms with Crippen LogP contribution in [0.15, 0.2) is 30.5 Å². The lowest BCUT2D eigenvalue weighted by molar-refractivity contribution is -0.113. The van der Waals surface area contributed by atoms with Gasteiger partial charge >= 0.3 is 0 Å². The first-order valence-corrected chi connectivity index (χ1v) is 9.89. The van der Waals surface area contributed by atoms with Crippen LogP contribution in [0.25, 0.3) is 0 Å². The van der Waals surface area contributed by atoms with E-state index in [4.69, 9.17) is 11.6 Å². The molecular formula is C18H20ClN3OS. The number of hydrogen-bond acceptors (Lipinski definition) is 3. The molecule has 1 aromatic carbocycles. The standard InChI is InChI=1S/C18H20ClN3OS/c19-13-8-6-12(7-9-13)17-15-10-20-22(14-4-2-1-3-5-14)18(15)21-16(23)11-24-17/h6-10,14,17H,1-5,11H2,(H,21,23). The Labute approximate surface area is 151 Å². The molecule has 2 aliphatic rings. The van der Waals surface area contributed by atoms with Gasteiger partial charge in [-0.25, -0.2) is 4.68 Å². The Hall–Kier alpha value is -1.46. The van der Waals surface area contributed by atoms with Gasteiger partial charge in [-0.1, -0.05) is 43.0 Å².